The molecule has 0 aliphatic carbocycles. The van der Waals surface area contributed by atoms with Gasteiger partial charge in [-0.3, -0.25) is 4.90 Å². The molecule has 0 aromatic rings. The number of likely N-dealkylation sites (tertiary alicyclic amines) is 1. The van der Waals surface area contributed by atoms with Crippen LogP contribution in [0, 0.1) is 0 Å². The fourth-order valence-electron chi connectivity index (χ4n) is 2.65. The number of hydrogen-bond acceptors (Lipinski definition) is 2. The van der Waals surface area contributed by atoms with Crippen LogP contribution in [0.5, 0.6) is 0 Å². The minimum Gasteiger partial charge on any atom is -0.314 e. The van der Waals surface area contributed by atoms with Gasteiger partial charge in [0.05, 0.1) is 0 Å². The van der Waals surface area contributed by atoms with E-state index in [1.807, 2.05) is 0 Å². The Balaban J connectivity index is 1.87. The molecular weight excluding hydrogens is 160 g/mol. The molecule has 2 rings (SSSR count). The van der Waals surface area contributed by atoms with Crippen molar-refractivity contribution in [1.82, 2.24) is 10.2 Å². The van der Waals surface area contributed by atoms with Gasteiger partial charge in [-0.1, -0.05) is 19.8 Å². The molecule has 0 aromatic carbocycles. The maximum atomic E-state index is 3.38. The zero-order valence-corrected chi connectivity index (χ0v) is 8.76. The van der Waals surface area contributed by atoms with Crippen molar-refractivity contribution >= 4 is 0 Å². The van der Waals surface area contributed by atoms with E-state index in [2.05, 4.69) is 17.1 Å². The van der Waals surface area contributed by atoms with Gasteiger partial charge in [-0.15, -0.1) is 0 Å². The third kappa shape index (κ3) is 2.05. The van der Waals surface area contributed by atoms with Crippen LogP contribution < -0.4 is 5.32 Å². The monoisotopic (exact) mass is 182 g/mol. The molecule has 2 aliphatic heterocycles. The van der Waals surface area contributed by atoms with Gasteiger partial charge in [0.15, 0.2) is 0 Å². The van der Waals surface area contributed by atoms with E-state index < -0.39 is 0 Å². The van der Waals surface area contributed by atoms with Crippen molar-refractivity contribution < 1.29 is 0 Å². The van der Waals surface area contributed by atoms with E-state index in [1.165, 1.54) is 51.7 Å². The van der Waals surface area contributed by atoms with Gasteiger partial charge in [0.1, 0.15) is 0 Å². The highest BCUT2D eigenvalue weighted by molar-refractivity contribution is 4.90. The van der Waals surface area contributed by atoms with E-state index in [4.69, 9.17) is 0 Å². The molecule has 1 N–H and O–H groups in total. The van der Waals surface area contributed by atoms with Crippen molar-refractivity contribution in [3.8, 4) is 0 Å². The lowest BCUT2D eigenvalue weighted by molar-refractivity contribution is 0.0602. The summed E-state index contributed by atoms with van der Waals surface area (Å²) >= 11 is 0. The smallest absolute Gasteiger partial charge is 0.0348 e. The molecule has 1 unspecified atom stereocenters. The Morgan fingerprint density at radius 1 is 1.31 bits per heavy atom. The van der Waals surface area contributed by atoms with Crippen molar-refractivity contribution in [3.05, 3.63) is 0 Å². The zero-order chi connectivity index (χ0) is 9.10. The highest BCUT2D eigenvalue weighted by Gasteiger charge is 2.31. The van der Waals surface area contributed by atoms with E-state index in [9.17, 15) is 0 Å². The standard InChI is InChI=1S/C11H22N2/c1-2-5-10-6-3-4-7-13(10)11-8-12-9-11/h10-12H,2-9H2,1H3. The van der Waals surface area contributed by atoms with Crippen LogP contribution in [-0.2, 0) is 0 Å². The number of piperidine rings is 1. The summed E-state index contributed by atoms with van der Waals surface area (Å²) in [6.07, 6.45) is 7.10. The summed E-state index contributed by atoms with van der Waals surface area (Å²) in [6, 6.07) is 1.78. The zero-order valence-electron chi connectivity index (χ0n) is 8.76. The Labute approximate surface area is 81.7 Å². The molecule has 2 fully saturated rings. The second-order valence-corrected chi connectivity index (χ2v) is 4.49. The maximum Gasteiger partial charge on any atom is 0.0348 e. The average molecular weight is 182 g/mol. The van der Waals surface area contributed by atoms with E-state index in [0.29, 0.717) is 0 Å². The van der Waals surface area contributed by atoms with Gasteiger partial charge in [0, 0.05) is 25.2 Å². The summed E-state index contributed by atoms with van der Waals surface area (Å²) in [7, 11) is 0. The molecule has 2 heteroatoms. The van der Waals surface area contributed by atoms with Gasteiger partial charge in [0.2, 0.25) is 0 Å². The largest absolute Gasteiger partial charge is 0.314 e. The Bertz CT molecular complexity index is 152. The lowest BCUT2D eigenvalue weighted by Crippen LogP contribution is -2.61. The van der Waals surface area contributed by atoms with E-state index in [1.54, 1.807) is 0 Å². The van der Waals surface area contributed by atoms with Crippen LogP contribution in [0.2, 0.25) is 0 Å². The van der Waals surface area contributed by atoms with Crippen molar-refractivity contribution in [1.29, 1.82) is 0 Å². The quantitative estimate of drug-likeness (QED) is 0.713. The first-order valence-corrected chi connectivity index (χ1v) is 5.88. The molecule has 2 saturated heterocycles. The molecule has 2 nitrogen and oxygen atoms in total. The third-order valence-corrected chi connectivity index (χ3v) is 3.52. The molecular formula is C11H22N2. The van der Waals surface area contributed by atoms with Crippen LogP contribution in [0.3, 0.4) is 0 Å². The van der Waals surface area contributed by atoms with Gasteiger partial charge in [-0.05, 0) is 25.8 Å². The summed E-state index contributed by atoms with van der Waals surface area (Å²) in [5, 5.41) is 3.38. The molecule has 0 amide bonds. The minimum absolute atomic E-state index is 0.872. The van der Waals surface area contributed by atoms with E-state index in [-0.39, 0.29) is 0 Å². The number of rotatable bonds is 3. The van der Waals surface area contributed by atoms with Crippen LogP contribution >= 0.6 is 0 Å². The predicted molar refractivity (Wildman–Crippen MR) is 55.9 cm³/mol. The molecule has 0 spiro atoms. The SMILES string of the molecule is CCCC1CCCCN1C1CNC1. The first-order chi connectivity index (χ1) is 6.42. The van der Waals surface area contributed by atoms with Crippen LogP contribution in [0.25, 0.3) is 0 Å². The number of nitrogens with zero attached hydrogens (tertiary/aromatic N) is 1. The molecule has 0 aromatic heterocycles. The highest BCUT2D eigenvalue weighted by Crippen LogP contribution is 2.24. The Morgan fingerprint density at radius 2 is 2.15 bits per heavy atom. The number of hydrogen-bond donors (Lipinski definition) is 1. The normalized spacial score (nSPS) is 31.6. The molecule has 0 radical (unpaired) electrons. The molecule has 1 atom stereocenters. The van der Waals surface area contributed by atoms with Gasteiger partial charge in [0.25, 0.3) is 0 Å². The Kier molecular flexibility index (Phi) is 3.23. The van der Waals surface area contributed by atoms with Gasteiger partial charge >= 0.3 is 0 Å². The Hall–Kier alpha value is -0.0800. The van der Waals surface area contributed by atoms with Crippen molar-refractivity contribution in [2.75, 3.05) is 19.6 Å². The van der Waals surface area contributed by atoms with Crippen molar-refractivity contribution in [2.24, 2.45) is 0 Å². The predicted octanol–water partition coefficient (Wildman–Crippen LogP) is 1.61. The minimum atomic E-state index is 0.872. The molecule has 2 heterocycles. The van der Waals surface area contributed by atoms with Crippen molar-refractivity contribution in [2.45, 2.75) is 51.1 Å². The summed E-state index contributed by atoms with van der Waals surface area (Å²) in [5.74, 6) is 0. The third-order valence-electron chi connectivity index (χ3n) is 3.52. The lowest BCUT2D eigenvalue weighted by Gasteiger charge is -2.45. The topological polar surface area (TPSA) is 15.3 Å². The molecule has 76 valence electrons. The average Bonchev–Trinajstić information content (AvgIpc) is 2.05. The molecule has 2 aliphatic rings. The van der Waals surface area contributed by atoms with E-state index >= 15 is 0 Å². The number of nitrogens with one attached hydrogen (secondary N) is 1. The highest BCUT2D eigenvalue weighted by atomic mass is 15.3. The second-order valence-electron chi connectivity index (χ2n) is 4.49. The van der Waals surface area contributed by atoms with Crippen LogP contribution in [0.1, 0.15) is 39.0 Å². The van der Waals surface area contributed by atoms with Crippen LogP contribution in [0.15, 0.2) is 0 Å². The summed E-state index contributed by atoms with van der Waals surface area (Å²) < 4.78 is 0. The van der Waals surface area contributed by atoms with Gasteiger partial charge in [-0.2, -0.15) is 0 Å². The maximum absolute atomic E-state index is 3.38. The van der Waals surface area contributed by atoms with Gasteiger partial charge in [-0.25, -0.2) is 0 Å². The first kappa shape index (κ1) is 9.47. The van der Waals surface area contributed by atoms with Crippen LogP contribution in [0.4, 0.5) is 0 Å². The summed E-state index contributed by atoms with van der Waals surface area (Å²) in [6.45, 7) is 6.14. The fraction of sp³-hybridized carbons (Fsp3) is 1.00. The first-order valence-electron chi connectivity index (χ1n) is 5.88. The molecule has 0 saturated carbocycles. The molecule has 13 heavy (non-hydrogen) atoms. The van der Waals surface area contributed by atoms with E-state index in [0.717, 1.165) is 12.1 Å². The lowest BCUT2D eigenvalue weighted by atomic mass is 9.94. The van der Waals surface area contributed by atoms with Gasteiger partial charge < -0.3 is 5.32 Å². The fourth-order valence-corrected chi connectivity index (χ4v) is 2.65. The molecule has 0 bridgehead atoms. The van der Waals surface area contributed by atoms with Crippen LogP contribution in [-0.4, -0.2) is 36.6 Å². The van der Waals surface area contributed by atoms with Crippen molar-refractivity contribution in [3.63, 3.8) is 0 Å². The second kappa shape index (κ2) is 4.43. The Morgan fingerprint density at radius 3 is 2.77 bits per heavy atom. The summed E-state index contributed by atoms with van der Waals surface area (Å²) in [5.41, 5.74) is 0. The summed E-state index contributed by atoms with van der Waals surface area (Å²) in [4.78, 5) is 2.77.